The van der Waals surface area contributed by atoms with Crippen LogP contribution in [0.1, 0.15) is 0 Å². The van der Waals surface area contributed by atoms with Gasteiger partial charge in [-0.2, -0.15) is 0 Å². The van der Waals surface area contributed by atoms with Gasteiger partial charge in [0.25, 0.3) is 0 Å². The lowest BCUT2D eigenvalue weighted by Crippen LogP contribution is -2.48. The number of para-hydroxylation sites is 1. The smallest absolute Gasteiger partial charge is 0.321 e. The molecular formula is C17H19N3O. The Morgan fingerprint density at radius 1 is 0.952 bits per heavy atom. The van der Waals surface area contributed by atoms with E-state index in [2.05, 4.69) is 22.8 Å². The van der Waals surface area contributed by atoms with E-state index in [0.717, 1.165) is 43.0 Å². The Morgan fingerprint density at radius 3 is 2.38 bits per heavy atom. The van der Waals surface area contributed by atoms with Crippen molar-refractivity contribution in [3.63, 3.8) is 0 Å². The van der Waals surface area contributed by atoms with E-state index in [1.54, 1.807) is 0 Å². The predicted octanol–water partition coefficient (Wildman–Crippen LogP) is 2.79. The van der Waals surface area contributed by atoms with E-state index in [9.17, 15) is 4.79 Å². The minimum atomic E-state index is -0.0279. The van der Waals surface area contributed by atoms with Gasteiger partial charge >= 0.3 is 6.03 Å². The van der Waals surface area contributed by atoms with Gasteiger partial charge in [-0.25, -0.2) is 4.79 Å². The molecule has 21 heavy (non-hydrogen) atoms. The number of hydrogen-bond acceptors (Lipinski definition) is 2. The fourth-order valence-corrected chi connectivity index (χ4v) is 2.52. The summed E-state index contributed by atoms with van der Waals surface area (Å²) in [5.41, 5.74) is 3.00. The molecule has 0 atom stereocenters. The molecule has 2 aromatic rings. The normalized spacial score (nSPS) is 14.8. The van der Waals surface area contributed by atoms with Gasteiger partial charge in [0.05, 0.1) is 5.69 Å². The minimum absolute atomic E-state index is 0.0279. The van der Waals surface area contributed by atoms with Crippen molar-refractivity contribution in [3.8, 4) is 11.1 Å². The van der Waals surface area contributed by atoms with Gasteiger partial charge < -0.3 is 15.5 Å². The lowest BCUT2D eigenvalue weighted by Gasteiger charge is -2.27. The molecule has 1 aliphatic rings. The summed E-state index contributed by atoms with van der Waals surface area (Å²) in [7, 11) is 0. The molecule has 4 heteroatoms. The molecule has 0 aromatic heterocycles. The topological polar surface area (TPSA) is 44.4 Å². The van der Waals surface area contributed by atoms with Gasteiger partial charge in [-0.3, -0.25) is 0 Å². The van der Waals surface area contributed by atoms with Crippen LogP contribution in [0.4, 0.5) is 10.5 Å². The number of anilines is 1. The molecule has 0 unspecified atom stereocenters. The average Bonchev–Trinajstić information content (AvgIpc) is 2.57. The van der Waals surface area contributed by atoms with Crippen LogP contribution in [0.15, 0.2) is 54.6 Å². The number of rotatable bonds is 2. The highest BCUT2D eigenvalue weighted by atomic mass is 16.2. The fraction of sp³-hybridized carbons (Fsp3) is 0.235. The zero-order valence-electron chi connectivity index (χ0n) is 11.9. The Balaban J connectivity index is 1.81. The maximum Gasteiger partial charge on any atom is 0.321 e. The maximum atomic E-state index is 12.3. The number of nitrogens with zero attached hydrogens (tertiary/aromatic N) is 1. The molecule has 0 saturated carbocycles. The summed E-state index contributed by atoms with van der Waals surface area (Å²) in [5, 5.41) is 6.29. The van der Waals surface area contributed by atoms with E-state index in [0.29, 0.717) is 0 Å². The highest BCUT2D eigenvalue weighted by Gasteiger charge is 2.17. The van der Waals surface area contributed by atoms with Crippen molar-refractivity contribution in [3.05, 3.63) is 54.6 Å². The van der Waals surface area contributed by atoms with Crippen LogP contribution in [-0.4, -0.2) is 37.1 Å². The van der Waals surface area contributed by atoms with Crippen molar-refractivity contribution in [2.75, 3.05) is 31.5 Å². The summed E-state index contributed by atoms with van der Waals surface area (Å²) in [6.45, 7) is 3.21. The SMILES string of the molecule is O=C(Nc1ccccc1-c1ccccc1)N1CCNCC1. The van der Waals surface area contributed by atoms with Gasteiger partial charge in [-0.05, 0) is 11.6 Å². The van der Waals surface area contributed by atoms with Crippen LogP contribution in [0.5, 0.6) is 0 Å². The van der Waals surface area contributed by atoms with Gasteiger partial charge in [0.15, 0.2) is 0 Å². The van der Waals surface area contributed by atoms with E-state index < -0.39 is 0 Å². The molecule has 0 aliphatic carbocycles. The number of carbonyl (C=O) groups is 1. The van der Waals surface area contributed by atoms with E-state index in [1.807, 2.05) is 47.4 Å². The molecule has 1 saturated heterocycles. The second kappa shape index (κ2) is 6.41. The first-order valence-electron chi connectivity index (χ1n) is 7.26. The molecular weight excluding hydrogens is 262 g/mol. The lowest BCUT2D eigenvalue weighted by molar-refractivity contribution is 0.204. The van der Waals surface area contributed by atoms with Gasteiger partial charge in [0.2, 0.25) is 0 Å². The number of carbonyl (C=O) groups excluding carboxylic acids is 1. The molecule has 108 valence electrons. The third-order valence-electron chi connectivity index (χ3n) is 3.66. The standard InChI is InChI=1S/C17H19N3O/c21-17(20-12-10-18-11-13-20)19-16-9-5-4-8-15(16)14-6-2-1-3-7-14/h1-9,18H,10-13H2,(H,19,21). The Kier molecular flexibility index (Phi) is 4.17. The van der Waals surface area contributed by atoms with Crippen LogP contribution >= 0.6 is 0 Å². The van der Waals surface area contributed by atoms with Crippen LogP contribution in [0.2, 0.25) is 0 Å². The Hall–Kier alpha value is -2.33. The third-order valence-corrected chi connectivity index (χ3v) is 3.66. The summed E-state index contributed by atoms with van der Waals surface area (Å²) >= 11 is 0. The minimum Gasteiger partial charge on any atom is -0.322 e. The van der Waals surface area contributed by atoms with Crippen molar-refractivity contribution in [2.24, 2.45) is 0 Å². The molecule has 4 nitrogen and oxygen atoms in total. The van der Waals surface area contributed by atoms with Crippen LogP contribution < -0.4 is 10.6 Å². The first-order valence-corrected chi connectivity index (χ1v) is 7.26. The van der Waals surface area contributed by atoms with Crippen molar-refractivity contribution >= 4 is 11.7 Å². The molecule has 1 fully saturated rings. The van der Waals surface area contributed by atoms with Gasteiger partial charge in [0, 0.05) is 31.7 Å². The second-order valence-corrected chi connectivity index (χ2v) is 5.08. The zero-order chi connectivity index (χ0) is 14.5. The summed E-state index contributed by atoms with van der Waals surface area (Å²) < 4.78 is 0. The molecule has 0 radical (unpaired) electrons. The van der Waals surface area contributed by atoms with Gasteiger partial charge in [-0.1, -0.05) is 48.5 Å². The zero-order valence-corrected chi connectivity index (χ0v) is 11.9. The van der Waals surface area contributed by atoms with Crippen LogP contribution in [0.25, 0.3) is 11.1 Å². The summed E-state index contributed by atoms with van der Waals surface area (Å²) in [5.74, 6) is 0. The quantitative estimate of drug-likeness (QED) is 0.889. The maximum absolute atomic E-state index is 12.3. The van der Waals surface area contributed by atoms with Crippen molar-refractivity contribution < 1.29 is 4.79 Å². The average molecular weight is 281 g/mol. The van der Waals surface area contributed by atoms with Crippen LogP contribution in [0.3, 0.4) is 0 Å². The van der Waals surface area contributed by atoms with E-state index in [4.69, 9.17) is 0 Å². The number of hydrogen-bond donors (Lipinski definition) is 2. The first-order chi connectivity index (χ1) is 10.3. The molecule has 2 N–H and O–H groups in total. The van der Waals surface area contributed by atoms with Crippen molar-refractivity contribution in [1.82, 2.24) is 10.2 Å². The highest BCUT2D eigenvalue weighted by Crippen LogP contribution is 2.27. The molecule has 3 rings (SSSR count). The molecule has 2 aromatic carbocycles. The van der Waals surface area contributed by atoms with Crippen LogP contribution in [0, 0.1) is 0 Å². The van der Waals surface area contributed by atoms with Crippen molar-refractivity contribution in [1.29, 1.82) is 0 Å². The van der Waals surface area contributed by atoms with Gasteiger partial charge in [0.1, 0.15) is 0 Å². The lowest BCUT2D eigenvalue weighted by atomic mass is 10.0. The first kappa shape index (κ1) is 13.6. The van der Waals surface area contributed by atoms with E-state index >= 15 is 0 Å². The summed E-state index contributed by atoms with van der Waals surface area (Å²) in [6.07, 6.45) is 0. The monoisotopic (exact) mass is 281 g/mol. The third kappa shape index (κ3) is 3.23. The summed E-state index contributed by atoms with van der Waals surface area (Å²) in [6, 6.07) is 18.0. The molecule has 1 aliphatic heterocycles. The number of nitrogens with one attached hydrogen (secondary N) is 2. The Morgan fingerprint density at radius 2 is 1.62 bits per heavy atom. The summed E-state index contributed by atoms with van der Waals surface area (Å²) in [4.78, 5) is 14.2. The Bertz CT molecular complexity index is 606. The largest absolute Gasteiger partial charge is 0.322 e. The molecule has 1 heterocycles. The molecule has 2 amide bonds. The number of benzene rings is 2. The molecule has 0 spiro atoms. The number of urea groups is 1. The predicted molar refractivity (Wildman–Crippen MR) is 85.3 cm³/mol. The van der Waals surface area contributed by atoms with E-state index in [-0.39, 0.29) is 6.03 Å². The van der Waals surface area contributed by atoms with E-state index in [1.165, 1.54) is 0 Å². The molecule has 0 bridgehead atoms. The number of amides is 2. The second-order valence-electron chi connectivity index (χ2n) is 5.08. The fourth-order valence-electron chi connectivity index (χ4n) is 2.52. The van der Waals surface area contributed by atoms with Crippen LogP contribution in [-0.2, 0) is 0 Å². The Labute approximate surface area is 124 Å². The van der Waals surface area contributed by atoms with Gasteiger partial charge in [-0.15, -0.1) is 0 Å². The van der Waals surface area contributed by atoms with Crippen molar-refractivity contribution in [2.45, 2.75) is 0 Å². The highest BCUT2D eigenvalue weighted by molar-refractivity contribution is 5.94. The number of piperazine rings is 1.